The maximum Gasteiger partial charge on any atom is 0.573 e. The van der Waals surface area contributed by atoms with Crippen LogP contribution in [0.4, 0.5) is 13.2 Å². The average Bonchev–Trinajstić information content (AvgIpc) is 2.95. The second kappa shape index (κ2) is 9.25. The molecule has 10 heteroatoms. The number of carbonyl (C=O) groups is 1. The molecule has 3 heterocycles. The Labute approximate surface area is 178 Å². The Bertz CT molecular complexity index is 889. The maximum atomic E-state index is 12.6. The van der Waals surface area contributed by atoms with Crippen molar-refractivity contribution in [2.24, 2.45) is 0 Å². The van der Waals surface area contributed by atoms with E-state index >= 15 is 0 Å². The van der Waals surface area contributed by atoms with E-state index in [0.29, 0.717) is 18.7 Å². The SMILES string of the molecule is O=C(Cc1ccc(OC(F)(F)F)cc1)N1CCN(Cc2nnc3n2CCCCC3)CC1. The number of rotatable bonds is 5. The summed E-state index contributed by atoms with van der Waals surface area (Å²) in [6, 6.07) is 5.45. The van der Waals surface area contributed by atoms with E-state index in [1.54, 1.807) is 4.90 Å². The van der Waals surface area contributed by atoms with Crippen LogP contribution in [-0.4, -0.2) is 63.0 Å². The van der Waals surface area contributed by atoms with Gasteiger partial charge in [0.05, 0.1) is 13.0 Å². The molecule has 0 bridgehead atoms. The summed E-state index contributed by atoms with van der Waals surface area (Å²) in [5.74, 6) is 1.76. The molecular formula is C21H26F3N5O2. The summed E-state index contributed by atoms with van der Waals surface area (Å²) in [6.07, 6.45) is -0.0349. The summed E-state index contributed by atoms with van der Waals surface area (Å²) in [7, 11) is 0. The summed E-state index contributed by atoms with van der Waals surface area (Å²) in [6.45, 7) is 4.46. The largest absolute Gasteiger partial charge is 0.573 e. The molecule has 1 amide bonds. The number of aromatic nitrogens is 3. The number of hydrogen-bond donors (Lipinski definition) is 0. The Balaban J connectivity index is 1.26. The van der Waals surface area contributed by atoms with Crippen molar-refractivity contribution in [3.05, 3.63) is 41.5 Å². The van der Waals surface area contributed by atoms with E-state index in [1.165, 1.54) is 30.7 Å². The third-order valence-corrected chi connectivity index (χ3v) is 5.79. The van der Waals surface area contributed by atoms with E-state index in [2.05, 4.69) is 24.4 Å². The van der Waals surface area contributed by atoms with E-state index in [0.717, 1.165) is 57.1 Å². The van der Waals surface area contributed by atoms with Gasteiger partial charge in [0.1, 0.15) is 17.4 Å². The highest BCUT2D eigenvalue weighted by molar-refractivity contribution is 5.79. The molecule has 4 rings (SSSR count). The zero-order valence-corrected chi connectivity index (χ0v) is 17.3. The molecule has 0 unspecified atom stereocenters. The number of fused-ring (bicyclic) bond motifs is 1. The number of nitrogens with zero attached hydrogens (tertiary/aromatic N) is 5. The first-order valence-electron chi connectivity index (χ1n) is 10.6. The van der Waals surface area contributed by atoms with Gasteiger partial charge in [0, 0.05) is 39.1 Å². The molecule has 0 atom stereocenters. The third-order valence-electron chi connectivity index (χ3n) is 5.79. The molecule has 2 aliphatic heterocycles. The predicted octanol–water partition coefficient (Wildman–Crippen LogP) is 2.79. The molecule has 7 nitrogen and oxygen atoms in total. The van der Waals surface area contributed by atoms with Crippen LogP contribution >= 0.6 is 0 Å². The summed E-state index contributed by atoms with van der Waals surface area (Å²) >= 11 is 0. The second-order valence-electron chi connectivity index (χ2n) is 8.02. The fraction of sp³-hybridized carbons (Fsp3) is 0.571. The van der Waals surface area contributed by atoms with Crippen molar-refractivity contribution in [2.75, 3.05) is 26.2 Å². The van der Waals surface area contributed by atoms with Gasteiger partial charge in [-0.15, -0.1) is 23.4 Å². The van der Waals surface area contributed by atoms with E-state index in [9.17, 15) is 18.0 Å². The van der Waals surface area contributed by atoms with Crippen LogP contribution in [0, 0.1) is 0 Å². The smallest absolute Gasteiger partial charge is 0.406 e. The Morgan fingerprint density at radius 1 is 0.968 bits per heavy atom. The lowest BCUT2D eigenvalue weighted by Crippen LogP contribution is -2.49. The van der Waals surface area contributed by atoms with Crippen molar-refractivity contribution in [3.8, 4) is 5.75 Å². The highest BCUT2D eigenvalue weighted by Crippen LogP contribution is 2.23. The van der Waals surface area contributed by atoms with Gasteiger partial charge in [0.2, 0.25) is 5.91 Å². The quantitative estimate of drug-likeness (QED) is 0.720. The number of carbonyl (C=O) groups excluding carboxylic acids is 1. The first-order valence-corrected chi connectivity index (χ1v) is 10.6. The topological polar surface area (TPSA) is 63.5 Å². The molecule has 2 aliphatic rings. The third kappa shape index (κ3) is 5.75. The van der Waals surface area contributed by atoms with Crippen LogP contribution in [0.2, 0.25) is 0 Å². The summed E-state index contributed by atoms with van der Waals surface area (Å²) in [5.41, 5.74) is 0.660. The molecule has 31 heavy (non-hydrogen) atoms. The fourth-order valence-electron chi connectivity index (χ4n) is 4.11. The minimum absolute atomic E-state index is 0.0273. The maximum absolute atomic E-state index is 12.6. The molecule has 1 aromatic heterocycles. The molecule has 168 valence electrons. The van der Waals surface area contributed by atoms with Crippen molar-refractivity contribution < 1.29 is 22.7 Å². The first-order chi connectivity index (χ1) is 14.9. The van der Waals surface area contributed by atoms with Crippen LogP contribution in [0.5, 0.6) is 5.75 Å². The van der Waals surface area contributed by atoms with Gasteiger partial charge in [-0.1, -0.05) is 18.6 Å². The molecule has 0 saturated carbocycles. The van der Waals surface area contributed by atoms with Gasteiger partial charge in [-0.3, -0.25) is 9.69 Å². The van der Waals surface area contributed by atoms with Gasteiger partial charge in [-0.05, 0) is 30.5 Å². The molecule has 1 fully saturated rings. The first kappa shape index (κ1) is 21.6. The van der Waals surface area contributed by atoms with Crippen LogP contribution in [0.25, 0.3) is 0 Å². The van der Waals surface area contributed by atoms with E-state index in [1.807, 2.05) is 0 Å². The summed E-state index contributed by atoms with van der Waals surface area (Å²) < 4.78 is 42.9. The van der Waals surface area contributed by atoms with E-state index < -0.39 is 6.36 Å². The molecule has 0 N–H and O–H groups in total. The van der Waals surface area contributed by atoms with Crippen molar-refractivity contribution in [1.82, 2.24) is 24.6 Å². The van der Waals surface area contributed by atoms with Crippen LogP contribution in [-0.2, 0) is 30.7 Å². The van der Waals surface area contributed by atoms with Crippen molar-refractivity contribution in [1.29, 1.82) is 0 Å². The molecule has 0 radical (unpaired) electrons. The Kier molecular flexibility index (Phi) is 6.45. The van der Waals surface area contributed by atoms with Crippen LogP contribution < -0.4 is 4.74 Å². The number of benzene rings is 1. The molecule has 2 aromatic rings. The number of ether oxygens (including phenoxy) is 1. The number of piperazine rings is 1. The summed E-state index contributed by atoms with van der Waals surface area (Å²) in [4.78, 5) is 16.7. The number of halogens is 3. The Hall–Kier alpha value is -2.62. The average molecular weight is 437 g/mol. The van der Waals surface area contributed by atoms with E-state index in [4.69, 9.17) is 0 Å². The lowest BCUT2D eigenvalue weighted by Gasteiger charge is -2.34. The van der Waals surface area contributed by atoms with Gasteiger partial charge in [-0.2, -0.15) is 0 Å². The summed E-state index contributed by atoms with van der Waals surface area (Å²) in [5, 5.41) is 8.73. The zero-order valence-electron chi connectivity index (χ0n) is 17.3. The van der Waals surface area contributed by atoms with Gasteiger partial charge < -0.3 is 14.2 Å². The minimum Gasteiger partial charge on any atom is -0.406 e. The lowest BCUT2D eigenvalue weighted by molar-refractivity contribution is -0.274. The zero-order chi connectivity index (χ0) is 21.8. The van der Waals surface area contributed by atoms with Crippen LogP contribution in [0.15, 0.2) is 24.3 Å². The van der Waals surface area contributed by atoms with Gasteiger partial charge in [-0.25, -0.2) is 0 Å². The second-order valence-corrected chi connectivity index (χ2v) is 8.02. The Morgan fingerprint density at radius 3 is 2.42 bits per heavy atom. The monoisotopic (exact) mass is 437 g/mol. The highest BCUT2D eigenvalue weighted by Gasteiger charge is 2.31. The predicted molar refractivity (Wildman–Crippen MR) is 106 cm³/mol. The van der Waals surface area contributed by atoms with Gasteiger partial charge >= 0.3 is 6.36 Å². The van der Waals surface area contributed by atoms with Crippen molar-refractivity contribution in [3.63, 3.8) is 0 Å². The minimum atomic E-state index is -4.72. The molecule has 1 aromatic carbocycles. The molecule has 1 saturated heterocycles. The van der Waals surface area contributed by atoms with Crippen molar-refractivity contribution >= 4 is 5.91 Å². The number of amides is 1. The van der Waals surface area contributed by atoms with Crippen LogP contribution in [0.1, 0.15) is 36.5 Å². The fourth-order valence-corrected chi connectivity index (χ4v) is 4.11. The van der Waals surface area contributed by atoms with Crippen LogP contribution in [0.3, 0.4) is 0 Å². The van der Waals surface area contributed by atoms with Gasteiger partial charge in [0.15, 0.2) is 0 Å². The molecule has 0 aliphatic carbocycles. The number of aryl methyl sites for hydroxylation is 1. The highest BCUT2D eigenvalue weighted by atomic mass is 19.4. The number of alkyl halides is 3. The number of hydrogen-bond acceptors (Lipinski definition) is 5. The lowest BCUT2D eigenvalue weighted by atomic mass is 10.1. The Morgan fingerprint density at radius 2 is 1.71 bits per heavy atom. The van der Waals surface area contributed by atoms with Gasteiger partial charge in [0.25, 0.3) is 0 Å². The normalized spacial score (nSPS) is 17.8. The molecular weight excluding hydrogens is 411 g/mol. The standard InChI is InChI=1S/C21H26F3N5O2/c22-21(23,24)31-17-7-5-16(6-8-17)14-20(30)28-12-10-27(11-13-28)15-19-26-25-18-4-2-1-3-9-29(18)19/h5-8H,1-4,9-15H2. The van der Waals surface area contributed by atoms with Crippen molar-refractivity contribution in [2.45, 2.75) is 51.6 Å². The molecule has 0 spiro atoms. The van der Waals surface area contributed by atoms with E-state index in [-0.39, 0.29) is 18.1 Å².